The Kier molecular flexibility index (Phi) is 3.71. The van der Waals surface area contributed by atoms with Crippen LogP contribution >= 0.6 is 0 Å². The molecule has 1 amide bonds. The van der Waals surface area contributed by atoms with Crippen molar-refractivity contribution in [3.05, 3.63) is 35.4 Å². The van der Waals surface area contributed by atoms with Crippen molar-refractivity contribution < 1.29 is 9.90 Å². The highest BCUT2D eigenvalue weighted by atomic mass is 16.3. The molecular weight excluding hydrogens is 226 g/mol. The monoisotopic (exact) mass is 247 g/mol. The molecule has 1 N–H and O–H groups in total. The summed E-state index contributed by atoms with van der Waals surface area (Å²) in [6.45, 7) is 2.16. The largest absolute Gasteiger partial charge is 0.367 e. The smallest absolute Gasteiger partial charge is 0.256 e. The summed E-state index contributed by atoms with van der Waals surface area (Å²) >= 11 is 0. The van der Waals surface area contributed by atoms with Gasteiger partial charge in [-0.25, -0.2) is 0 Å². The topological polar surface area (TPSA) is 40.5 Å². The van der Waals surface area contributed by atoms with Crippen molar-refractivity contribution in [2.24, 2.45) is 0 Å². The van der Waals surface area contributed by atoms with Gasteiger partial charge in [-0.1, -0.05) is 44.4 Å². The standard InChI is InChI=1S/C15H21NO2/c1-3-4-5-8-11-15(18)13-10-7-6-9-12(13)14(17)16(15)2/h6-7,9-10,18H,3-5,8,11H2,1-2H3. The van der Waals surface area contributed by atoms with E-state index in [1.54, 1.807) is 13.1 Å². The van der Waals surface area contributed by atoms with Crippen molar-refractivity contribution in [1.29, 1.82) is 0 Å². The first-order chi connectivity index (χ1) is 8.61. The summed E-state index contributed by atoms with van der Waals surface area (Å²) in [7, 11) is 1.68. The van der Waals surface area contributed by atoms with Crippen LogP contribution in [-0.2, 0) is 5.72 Å². The number of unbranched alkanes of at least 4 members (excludes halogenated alkanes) is 3. The van der Waals surface area contributed by atoms with Crippen LogP contribution in [0.4, 0.5) is 0 Å². The van der Waals surface area contributed by atoms with Gasteiger partial charge in [0.25, 0.3) is 5.91 Å². The van der Waals surface area contributed by atoms with E-state index in [1.165, 1.54) is 17.7 Å². The van der Waals surface area contributed by atoms with Gasteiger partial charge in [0.15, 0.2) is 5.72 Å². The molecule has 0 aliphatic carbocycles. The van der Waals surface area contributed by atoms with Crippen molar-refractivity contribution in [1.82, 2.24) is 4.90 Å². The first-order valence-corrected chi connectivity index (χ1v) is 6.71. The summed E-state index contributed by atoms with van der Waals surface area (Å²) in [6.07, 6.45) is 5.00. The number of nitrogens with zero attached hydrogens (tertiary/aromatic N) is 1. The highest BCUT2D eigenvalue weighted by molar-refractivity contribution is 5.99. The number of hydrogen-bond acceptors (Lipinski definition) is 2. The van der Waals surface area contributed by atoms with Crippen LogP contribution in [0, 0.1) is 0 Å². The van der Waals surface area contributed by atoms with Crippen LogP contribution in [0.5, 0.6) is 0 Å². The van der Waals surface area contributed by atoms with Crippen LogP contribution in [0.2, 0.25) is 0 Å². The van der Waals surface area contributed by atoms with E-state index in [0.29, 0.717) is 12.0 Å². The lowest BCUT2D eigenvalue weighted by Crippen LogP contribution is -2.40. The van der Waals surface area contributed by atoms with E-state index in [1.807, 2.05) is 18.2 Å². The lowest BCUT2D eigenvalue weighted by Gasteiger charge is -2.31. The molecule has 98 valence electrons. The first kappa shape index (κ1) is 13.1. The Hall–Kier alpha value is -1.35. The predicted octanol–water partition coefficient (Wildman–Crippen LogP) is 2.89. The molecule has 2 rings (SSSR count). The Bertz CT molecular complexity index is 444. The van der Waals surface area contributed by atoms with Gasteiger partial charge in [-0.2, -0.15) is 0 Å². The zero-order valence-corrected chi connectivity index (χ0v) is 11.1. The Morgan fingerprint density at radius 1 is 1.22 bits per heavy atom. The number of aliphatic hydroxyl groups is 1. The van der Waals surface area contributed by atoms with Crippen LogP contribution in [0.25, 0.3) is 0 Å². The molecule has 1 aromatic carbocycles. The molecule has 18 heavy (non-hydrogen) atoms. The van der Waals surface area contributed by atoms with Gasteiger partial charge in [0, 0.05) is 18.2 Å². The minimum atomic E-state index is -1.11. The number of benzene rings is 1. The second-order valence-electron chi connectivity index (χ2n) is 5.04. The number of hydrogen-bond donors (Lipinski definition) is 1. The van der Waals surface area contributed by atoms with Gasteiger partial charge in [0.2, 0.25) is 0 Å². The Morgan fingerprint density at radius 2 is 1.94 bits per heavy atom. The molecule has 1 unspecified atom stereocenters. The maximum absolute atomic E-state index is 12.1. The van der Waals surface area contributed by atoms with E-state index in [4.69, 9.17) is 0 Å². The molecule has 1 aliphatic heterocycles. The van der Waals surface area contributed by atoms with Gasteiger partial charge in [-0.05, 0) is 18.9 Å². The summed E-state index contributed by atoms with van der Waals surface area (Å²) in [5, 5.41) is 10.8. The van der Waals surface area contributed by atoms with Crippen LogP contribution in [0.3, 0.4) is 0 Å². The maximum Gasteiger partial charge on any atom is 0.256 e. The fraction of sp³-hybridized carbons (Fsp3) is 0.533. The Labute approximate surface area is 108 Å². The van der Waals surface area contributed by atoms with Crippen LogP contribution in [0.15, 0.2) is 24.3 Å². The third kappa shape index (κ3) is 2.03. The normalized spacial score (nSPS) is 22.4. The van der Waals surface area contributed by atoms with E-state index in [-0.39, 0.29) is 5.91 Å². The van der Waals surface area contributed by atoms with E-state index < -0.39 is 5.72 Å². The van der Waals surface area contributed by atoms with Gasteiger partial charge < -0.3 is 10.0 Å². The molecule has 0 saturated heterocycles. The molecule has 0 bridgehead atoms. The number of carbonyl (C=O) groups excluding carboxylic acids is 1. The molecule has 3 heteroatoms. The van der Waals surface area contributed by atoms with E-state index >= 15 is 0 Å². The van der Waals surface area contributed by atoms with E-state index in [9.17, 15) is 9.90 Å². The van der Waals surface area contributed by atoms with Crippen LogP contribution in [0.1, 0.15) is 54.9 Å². The summed E-state index contributed by atoms with van der Waals surface area (Å²) in [6, 6.07) is 7.37. The summed E-state index contributed by atoms with van der Waals surface area (Å²) in [4.78, 5) is 13.5. The fourth-order valence-electron chi connectivity index (χ4n) is 2.65. The zero-order chi connectivity index (χ0) is 13.2. The molecule has 3 nitrogen and oxygen atoms in total. The number of amides is 1. The first-order valence-electron chi connectivity index (χ1n) is 6.71. The number of rotatable bonds is 5. The molecule has 1 aromatic rings. The van der Waals surface area contributed by atoms with Crippen molar-refractivity contribution >= 4 is 5.91 Å². The van der Waals surface area contributed by atoms with Gasteiger partial charge >= 0.3 is 0 Å². The minimum absolute atomic E-state index is 0.0800. The van der Waals surface area contributed by atoms with Crippen molar-refractivity contribution in [2.45, 2.75) is 44.8 Å². The van der Waals surface area contributed by atoms with E-state index in [2.05, 4.69) is 6.92 Å². The quantitative estimate of drug-likeness (QED) is 0.813. The third-order valence-electron chi connectivity index (χ3n) is 3.83. The Morgan fingerprint density at radius 3 is 2.67 bits per heavy atom. The predicted molar refractivity (Wildman–Crippen MR) is 71.2 cm³/mol. The molecule has 0 spiro atoms. The van der Waals surface area contributed by atoms with Crippen LogP contribution in [-0.4, -0.2) is 23.0 Å². The fourth-order valence-corrected chi connectivity index (χ4v) is 2.65. The van der Waals surface area contributed by atoms with Crippen LogP contribution < -0.4 is 0 Å². The second kappa shape index (κ2) is 5.11. The van der Waals surface area contributed by atoms with Crippen molar-refractivity contribution in [2.75, 3.05) is 7.05 Å². The SMILES string of the molecule is CCCCCCC1(O)c2ccccc2C(=O)N1C. The number of fused-ring (bicyclic) bond motifs is 1. The zero-order valence-electron chi connectivity index (χ0n) is 11.1. The molecule has 0 aromatic heterocycles. The van der Waals surface area contributed by atoms with Crippen molar-refractivity contribution in [3.8, 4) is 0 Å². The lowest BCUT2D eigenvalue weighted by molar-refractivity contribution is -0.0800. The summed E-state index contributed by atoms with van der Waals surface area (Å²) < 4.78 is 0. The third-order valence-corrected chi connectivity index (χ3v) is 3.83. The average Bonchev–Trinajstić information content (AvgIpc) is 2.59. The summed E-state index contributed by atoms with van der Waals surface area (Å²) in [5.74, 6) is -0.0800. The Balaban J connectivity index is 2.19. The van der Waals surface area contributed by atoms with Crippen molar-refractivity contribution in [3.63, 3.8) is 0 Å². The highest BCUT2D eigenvalue weighted by Crippen LogP contribution is 2.39. The molecule has 0 fully saturated rings. The molecule has 1 atom stereocenters. The molecule has 0 saturated carbocycles. The minimum Gasteiger partial charge on any atom is -0.367 e. The highest BCUT2D eigenvalue weighted by Gasteiger charge is 2.45. The maximum atomic E-state index is 12.1. The summed E-state index contributed by atoms with van der Waals surface area (Å²) in [5.41, 5.74) is 0.286. The molecule has 1 aliphatic rings. The molecule has 1 heterocycles. The lowest BCUT2D eigenvalue weighted by atomic mass is 9.95. The van der Waals surface area contributed by atoms with Gasteiger partial charge in [-0.3, -0.25) is 4.79 Å². The van der Waals surface area contributed by atoms with Gasteiger partial charge in [0.1, 0.15) is 0 Å². The van der Waals surface area contributed by atoms with Gasteiger partial charge in [-0.15, -0.1) is 0 Å². The molecule has 0 radical (unpaired) electrons. The van der Waals surface area contributed by atoms with Gasteiger partial charge in [0.05, 0.1) is 0 Å². The molecular formula is C15H21NO2. The van der Waals surface area contributed by atoms with E-state index in [0.717, 1.165) is 18.4 Å². The number of carbonyl (C=O) groups is 1. The second-order valence-corrected chi connectivity index (χ2v) is 5.04. The average molecular weight is 247 g/mol.